The molecule has 1 aromatic rings. The third-order valence-corrected chi connectivity index (χ3v) is 4.83. The monoisotopic (exact) mass is 324 g/mol. The van der Waals surface area contributed by atoms with E-state index in [2.05, 4.69) is 58.9 Å². The largest absolute Gasteiger partial charge is 0.328 e. The number of halogens is 1. The topological polar surface area (TPSA) is 29.3 Å². The Morgan fingerprint density at radius 3 is 2.63 bits per heavy atom. The molecule has 1 saturated heterocycles. The van der Waals surface area contributed by atoms with E-state index in [1.54, 1.807) is 0 Å². The maximum Gasteiger partial charge on any atom is 0.0175 e. The van der Waals surface area contributed by atoms with Gasteiger partial charge in [-0.1, -0.05) is 28.1 Å². The average molecular weight is 325 g/mol. The molecule has 3 unspecified atom stereocenters. The molecular weight excluding hydrogens is 300 g/mol. The van der Waals surface area contributed by atoms with Crippen molar-refractivity contribution in [3.8, 4) is 0 Å². The SMILES string of the molecule is CC(N)C1CCCN(C(C)Cc2ccc(Br)cc2)C1. The highest BCUT2D eigenvalue weighted by atomic mass is 79.9. The summed E-state index contributed by atoms with van der Waals surface area (Å²) in [4.78, 5) is 2.61. The van der Waals surface area contributed by atoms with Gasteiger partial charge in [0.15, 0.2) is 0 Å². The van der Waals surface area contributed by atoms with Gasteiger partial charge >= 0.3 is 0 Å². The van der Waals surface area contributed by atoms with Gasteiger partial charge in [-0.2, -0.15) is 0 Å². The molecule has 0 spiro atoms. The molecule has 0 aromatic heterocycles. The Morgan fingerprint density at radius 1 is 1.32 bits per heavy atom. The zero-order valence-electron chi connectivity index (χ0n) is 12.0. The molecule has 0 radical (unpaired) electrons. The minimum Gasteiger partial charge on any atom is -0.328 e. The van der Waals surface area contributed by atoms with E-state index in [1.807, 2.05) is 0 Å². The number of nitrogens with zero attached hydrogens (tertiary/aromatic N) is 1. The zero-order chi connectivity index (χ0) is 13.8. The Labute approximate surface area is 125 Å². The van der Waals surface area contributed by atoms with E-state index in [-0.39, 0.29) is 0 Å². The summed E-state index contributed by atoms with van der Waals surface area (Å²) < 4.78 is 1.15. The van der Waals surface area contributed by atoms with Gasteiger partial charge in [0.2, 0.25) is 0 Å². The number of piperidine rings is 1. The molecular formula is C16H25BrN2. The summed E-state index contributed by atoms with van der Waals surface area (Å²) in [6.45, 7) is 6.87. The fraction of sp³-hybridized carbons (Fsp3) is 0.625. The van der Waals surface area contributed by atoms with Gasteiger partial charge in [-0.3, -0.25) is 4.90 Å². The standard InChI is InChI=1S/C16H25BrN2/c1-12(10-14-5-7-16(17)8-6-14)19-9-3-4-15(11-19)13(2)18/h5-8,12-13,15H,3-4,9-11,18H2,1-2H3. The highest BCUT2D eigenvalue weighted by Gasteiger charge is 2.25. The minimum absolute atomic E-state index is 0.322. The number of hydrogen-bond acceptors (Lipinski definition) is 2. The molecule has 2 nitrogen and oxygen atoms in total. The lowest BCUT2D eigenvalue weighted by atomic mass is 9.90. The molecule has 3 atom stereocenters. The maximum absolute atomic E-state index is 6.07. The van der Waals surface area contributed by atoms with Crippen LogP contribution in [0.25, 0.3) is 0 Å². The van der Waals surface area contributed by atoms with Crippen LogP contribution >= 0.6 is 15.9 Å². The number of rotatable bonds is 4. The Morgan fingerprint density at radius 2 is 2.00 bits per heavy atom. The quantitative estimate of drug-likeness (QED) is 0.919. The first kappa shape index (κ1) is 15.0. The summed E-state index contributed by atoms with van der Waals surface area (Å²) in [6.07, 6.45) is 3.70. The molecule has 0 amide bonds. The van der Waals surface area contributed by atoms with Gasteiger partial charge in [-0.25, -0.2) is 0 Å². The fourth-order valence-corrected chi connectivity index (χ4v) is 3.22. The van der Waals surface area contributed by atoms with E-state index in [0.717, 1.165) is 17.4 Å². The van der Waals surface area contributed by atoms with E-state index in [1.165, 1.54) is 24.9 Å². The molecule has 19 heavy (non-hydrogen) atoms. The molecule has 0 bridgehead atoms. The van der Waals surface area contributed by atoms with Gasteiger partial charge in [-0.15, -0.1) is 0 Å². The van der Waals surface area contributed by atoms with Crippen molar-refractivity contribution >= 4 is 15.9 Å². The van der Waals surface area contributed by atoms with Gasteiger partial charge < -0.3 is 5.73 Å². The van der Waals surface area contributed by atoms with Gasteiger partial charge in [0.1, 0.15) is 0 Å². The van der Waals surface area contributed by atoms with Gasteiger partial charge in [-0.05, 0) is 63.3 Å². The predicted molar refractivity (Wildman–Crippen MR) is 85.3 cm³/mol. The van der Waals surface area contributed by atoms with Crippen molar-refractivity contribution < 1.29 is 0 Å². The predicted octanol–water partition coefficient (Wildman–Crippen LogP) is 3.44. The second kappa shape index (κ2) is 6.87. The van der Waals surface area contributed by atoms with Gasteiger partial charge in [0.05, 0.1) is 0 Å². The molecule has 1 aromatic carbocycles. The van der Waals surface area contributed by atoms with Crippen LogP contribution in [0.15, 0.2) is 28.7 Å². The second-order valence-corrected chi connectivity index (χ2v) is 6.85. The summed E-state index contributed by atoms with van der Waals surface area (Å²) in [5.74, 6) is 0.668. The van der Waals surface area contributed by atoms with Crippen LogP contribution in [0.3, 0.4) is 0 Å². The van der Waals surface area contributed by atoms with Crippen LogP contribution < -0.4 is 5.73 Å². The van der Waals surface area contributed by atoms with E-state index in [0.29, 0.717) is 18.0 Å². The Balaban J connectivity index is 1.92. The van der Waals surface area contributed by atoms with Crippen molar-refractivity contribution in [2.75, 3.05) is 13.1 Å². The van der Waals surface area contributed by atoms with Gasteiger partial charge in [0, 0.05) is 23.1 Å². The lowest BCUT2D eigenvalue weighted by Crippen LogP contribution is -2.46. The molecule has 2 rings (SSSR count). The Bertz CT molecular complexity index is 388. The van der Waals surface area contributed by atoms with Crippen LogP contribution in [0.4, 0.5) is 0 Å². The smallest absolute Gasteiger partial charge is 0.0175 e. The average Bonchev–Trinajstić information content (AvgIpc) is 2.41. The molecule has 2 N–H and O–H groups in total. The summed E-state index contributed by atoms with van der Waals surface area (Å²) in [5, 5.41) is 0. The minimum atomic E-state index is 0.322. The summed E-state index contributed by atoms with van der Waals surface area (Å²) >= 11 is 3.49. The summed E-state index contributed by atoms with van der Waals surface area (Å²) in [6, 6.07) is 9.61. The summed E-state index contributed by atoms with van der Waals surface area (Å²) in [5.41, 5.74) is 7.48. The first-order valence-electron chi connectivity index (χ1n) is 7.30. The molecule has 1 aliphatic heterocycles. The van der Waals surface area contributed by atoms with Crippen LogP contribution in [0.2, 0.25) is 0 Å². The number of hydrogen-bond donors (Lipinski definition) is 1. The van der Waals surface area contributed by atoms with Crippen molar-refractivity contribution in [1.82, 2.24) is 4.90 Å². The van der Waals surface area contributed by atoms with Crippen LogP contribution in [-0.4, -0.2) is 30.1 Å². The maximum atomic E-state index is 6.07. The molecule has 1 heterocycles. The molecule has 0 aliphatic carbocycles. The van der Waals surface area contributed by atoms with Crippen LogP contribution in [-0.2, 0) is 6.42 Å². The fourth-order valence-electron chi connectivity index (χ4n) is 2.96. The van der Waals surface area contributed by atoms with E-state index < -0.39 is 0 Å². The summed E-state index contributed by atoms with van der Waals surface area (Å²) in [7, 11) is 0. The Hall–Kier alpha value is -0.380. The van der Waals surface area contributed by atoms with E-state index in [4.69, 9.17) is 5.73 Å². The van der Waals surface area contributed by atoms with Crippen LogP contribution in [0.5, 0.6) is 0 Å². The number of benzene rings is 1. The lowest BCUT2D eigenvalue weighted by molar-refractivity contribution is 0.121. The van der Waals surface area contributed by atoms with Crippen molar-refractivity contribution in [1.29, 1.82) is 0 Å². The van der Waals surface area contributed by atoms with E-state index in [9.17, 15) is 0 Å². The van der Waals surface area contributed by atoms with Crippen molar-refractivity contribution in [2.24, 2.45) is 11.7 Å². The third kappa shape index (κ3) is 4.30. The van der Waals surface area contributed by atoms with Crippen molar-refractivity contribution in [3.63, 3.8) is 0 Å². The number of nitrogens with two attached hydrogens (primary N) is 1. The first-order valence-corrected chi connectivity index (χ1v) is 8.09. The van der Waals surface area contributed by atoms with Crippen molar-refractivity contribution in [3.05, 3.63) is 34.3 Å². The Kier molecular flexibility index (Phi) is 5.43. The molecule has 1 aliphatic rings. The molecule has 106 valence electrons. The van der Waals surface area contributed by atoms with Crippen LogP contribution in [0.1, 0.15) is 32.3 Å². The van der Waals surface area contributed by atoms with E-state index >= 15 is 0 Å². The molecule has 3 heteroatoms. The van der Waals surface area contributed by atoms with Crippen LogP contribution in [0, 0.1) is 5.92 Å². The third-order valence-electron chi connectivity index (χ3n) is 4.30. The van der Waals surface area contributed by atoms with Crippen molar-refractivity contribution in [2.45, 2.75) is 45.2 Å². The number of likely N-dealkylation sites (tertiary alicyclic amines) is 1. The van der Waals surface area contributed by atoms with Gasteiger partial charge in [0.25, 0.3) is 0 Å². The highest BCUT2D eigenvalue weighted by Crippen LogP contribution is 2.22. The zero-order valence-corrected chi connectivity index (χ0v) is 13.6. The molecule has 0 saturated carbocycles. The first-order chi connectivity index (χ1) is 9.06. The molecule has 1 fully saturated rings. The lowest BCUT2D eigenvalue weighted by Gasteiger charge is -2.38. The normalized spacial score (nSPS) is 24.1. The second-order valence-electron chi connectivity index (χ2n) is 5.94. The highest BCUT2D eigenvalue weighted by molar-refractivity contribution is 9.10.